The molecule has 0 spiro atoms. The fraction of sp³-hybridized carbons (Fsp3) is 0.267. The zero-order chi connectivity index (χ0) is 13.1. The Hall–Kier alpha value is -1.87. The largest absolute Gasteiger partial charge is 0.439 e. The first kappa shape index (κ1) is 12.6. The van der Waals surface area contributed by atoms with Crippen molar-refractivity contribution in [3.63, 3.8) is 0 Å². The lowest BCUT2D eigenvalue weighted by atomic mass is 10.1. The Labute approximate surface area is 107 Å². The van der Waals surface area contributed by atoms with Gasteiger partial charge in [0.2, 0.25) is 5.88 Å². The lowest BCUT2D eigenvalue weighted by molar-refractivity contribution is 0.280. The molecule has 0 atom stereocenters. The topological polar surface area (TPSA) is 42.4 Å². The van der Waals surface area contributed by atoms with E-state index in [1.54, 1.807) is 6.07 Å². The van der Waals surface area contributed by atoms with Gasteiger partial charge in [-0.2, -0.15) is 0 Å². The summed E-state index contributed by atoms with van der Waals surface area (Å²) in [5.74, 6) is 1.37. The molecular weight excluding hydrogens is 226 g/mol. The number of aliphatic hydroxyl groups excluding tert-OH is 1. The van der Waals surface area contributed by atoms with Crippen molar-refractivity contribution < 1.29 is 9.84 Å². The highest BCUT2D eigenvalue weighted by Gasteiger charge is 2.05. The Kier molecular flexibility index (Phi) is 3.63. The third-order valence-electron chi connectivity index (χ3n) is 2.90. The van der Waals surface area contributed by atoms with Gasteiger partial charge in [0.25, 0.3) is 0 Å². The van der Waals surface area contributed by atoms with Crippen molar-refractivity contribution in [2.24, 2.45) is 0 Å². The average Bonchev–Trinajstić information content (AvgIpc) is 2.34. The minimum atomic E-state index is 0.00257. The average molecular weight is 243 g/mol. The molecule has 0 unspecified atom stereocenters. The molecule has 0 saturated carbocycles. The molecule has 0 saturated heterocycles. The Morgan fingerprint density at radius 2 is 1.89 bits per heavy atom. The summed E-state index contributed by atoms with van der Waals surface area (Å²) in [7, 11) is 0. The minimum absolute atomic E-state index is 0.00257. The summed E-state index contributed by atoms with van der Waals surface area (Å²) in [6, 6.07) is 9.69. The highest BCUT2D eigenvalue weighted by Crippen LogP contribution is 2.25. The lowest BCUT2D eigenvalue weighted by Gasteiger charge is -2.10. The molecule has 2 rings (SSSR count). The summed E-state index contributed by atoms with van der Waals surface area (Å²) in [5, 5.41) is 9.10. The number of aliphatic hydroxyl groups is 1. The van der Waals surface area contributed by atoms with Crippen LogP contribution in [0.3, 0.4) is 0 Å². The lowest BCUT2D eigenvalue weighted by Crippen LogP contribution is -1.96. The number of pyridine rings is 1. The van der Waals surface area contributed by atoms with Gasteiger partial charge in [0.1, 0.15) is 5.75 Å². The highest BCUT2D eigenvalue weighted by molar-refractivity contribution is 5.38. The number of ether oxygens (including phenoxy) is 1. The molecule has 1 heterocycles. The highest BCUT2D eigenvalue weighted by atomic mass is 16.5. The SMILES string of the molecule is Cc1ccc(C)c(Oc2ccc(CO)c(C)n2)c1. The number of benzene rings is 1. The van der Waals surface area contributed by atoms with Gasteiger partial charge in [0.05, 0.1) is 6.61 Å². The number of hydrogen-bond acceptors (Lipinski definition) is 3. The maximum Gasteiger partial charge on any atom is 0.219 e. The standard InChI is InChI=1S/C15H17NO2/c1-10-4-5-11(2)14(8-10)18-15-7-6-13(9-17)12(3)16-15/h4-8,17H,9H2,1-3H3. The van der Waals surface area contributed by atoms with E-state index in [1.807, 2.05) is 39.0 Å². The quantitative estimate of drug-likeness (QED) is 0.899. The van der Waals surface area contributed by atoms with E-state index in [0.717, 1.165) is 28.1 Å². The van der Waals surface area contributed by atoms with Gasteiger partial charge >= 0.3 is 0 Å². The maximum absolute atomic E-state index is 9.10. The van der Waals surface area contributed by atoms with Gasteiger partial charge in [-0.3, -0.25) is 0 Å². The van der Waals surface area contributed by atoms with Crippen molar-refractivity contribution in [2.75, 3.05) is 0 Å². The van der Waals surface area contributed by atoms with Crippen LogP contribution in [0, 0.1) is 20.8 Å². The second kappa shape index (κ2) is 5.19. The van der Waals surface area contributed by atoms with Crippen LogP contribution >= 0.6 is 0 Å². The van der Waals surface area contributed by atoms with E-state index in [2.05, 4.69) is 11.1 Å². The van der Waals surface area contributed by atoms with E-state index in [9.17, 15) is 0 Å². The zero-order valence-electron chi connectivity index (χ0n) is 10.9. The van der Waals surface area contributed by atoms with Gasteiger partial charge in [-0.15, -0.1) is 0 Å². The van der Waals surface area contributed by atoms with E-state index in [1.165, 1.54) is 0 Å². The molecule has 0 aliphatic carbocycles. The molecule has 3 nitrogen and oxygen atoms in total. The van der Waals surface area contributed by atoms with Crippen molar-refractivity contribution in [2.45, 2.75) is 27.4 Å². The predicted molar refractivity (Wildman–Crippen MR) is 70.9 cm³/mol. The summed E-state index contributed by atoms with van der Waals surface area (Å²) in [5.41, 5.74) is 3.84. The molecule has 1 aromatic heterocycles. The fourth-order valence-electron chi connectivity index (χ4n) is 1.72. The number of hydrogen-bond donors (Lipinski definition) is 1. The Morgan fingerprint density at radius 3 is 2.56 bits per heavy atom. The smallest absolute Gasteiger partial charge is 0.219 e. The van der Waals surface area contributed by atoms with Crippen LogP contribution in [-0.4, -0.2) is 10.1 Å². The van der Waals surface area contributed by atoms with Crippen LogP contribution in [0.25, 0.3) is 0 Å². The Morgan fingerprint density at radius 1 is 1.11 bits per heavy atom. The second-order valence-corrected chi connectivity index (χ2v) is 4.42. The van der Waals surface area contributed by atoms with Crippen LogP contribution in [0.4, 0.5) is 0 Å². The Balaban J connectivity index is 2.28. The molecule has 94 valence electrons. The van der Waals surface area contributed by atoms with Gasteiger partial charge in [-0.25, -0.2) is 4.98 Å². The summed E-state index contributed by atoms with van der Waals surface area (Å²) in [6.07, 6.45) is 0. The Bertz CT molecular complexity index is 564. The van der Waals surface area contributed by atoms with Crippen molar-refractivity contribution >= 4 is 0 Å². The van der Waals surface area contributed by atoms with Gasteiger partial charge in [-0.05, 0) is 49.6 Å². The first-order chi connectivity index (χ1) is 8.60. The summed E-state index contributed by atoms with van der Waals surface area (Å²) in [4.78, 5) is 4.33. The maximum atomic E-state index is 9.10. The number of nitrogens with zero attached hydrogens (tertiary/aromatic N) is 1. The molecule has 0 fully saturated rings. The molecule has 18 heavy (non-hydrogen) atoms. The molecule has 1 N–H and O–H groups in total. The summed E-state index contributed by atoms with van der Waals surface area (Å²) >= 11 is 0. The van der Waals surface area contributed by atoms with E-state index in [-0.39, 0.29) is 6.61 Å². The first-order valence-corrected chi connectivity index (χ1v) is 5.92. The molecule has 0 bridgehead atoms. The van der Waals surface area contributed by atoms with Gasteiger partial charge in [0.15, 0.2) is 0 Å². The van der Waals surface area contributed by atoms with Gasteiger partial charge in [0, 0.05) is 11.8 Å². The summed E-state index contributed by atoms with van der Waals surface area (Å²) in [6.45, 7) is 5.90. The molecule has 0 aliphatic heterocycles. The van der Waals surface area contributed by atoms with Crippen molar-refractivity contribution in [1.82, 2.24) is 4.98 Å². The number of aryl methyl sites for hydroxylation is 3. The first-order valence-electron chi connectivity index (χ1n) is 5.92. The molecule has 0 radical (unpaired) electrons. The normalized spacial score (nSPS) is 10.4. The van der Waals surface area contributed by atoms with Crippen LogP contribution < -0.4 is 4.74 Å². The van der Waals surface area contributed by atoms with Crippen LogP contribution in [0.1, 0.15) is 22.4 Å². The van der Waals surface area contributed by atoms with E-state index in [0.29, 0.717) is 5.88 Å². The van der Waals surface area contributed by atoms with Crippen molar-refractivity contribution in [3.05, 3.63) is 52.7 Å². The molecule has 1 aromatic carbocycles. The molecular formula is C15H17NO2. The number of aromatic nitrogens is 1. The zero-order valence-corrected chi connectivity index (χ0v) is 10.9. The summed E-state index contributed by atoms with van der Waals surface area (Å²) < 4.78 is 5.78. The second-order valence-electron chi connectivity index (χ2n) is 4.42. The van der Waals surface area contributed by atoms with E-state index in [4.69, 9.17) is 9.84 Å². The van der Waals surface area contributed by atoms with Crippen molar-refractivity contribution in [3.8, 4) is 11.6 Å². The minimum Gasteiger partial charge on any atom is -0.439 e. The van der Waals surface area contributed by atoms with Gasteiger partial charge in [-0.1, -0.05) is 12.1 Å². The van der Waals surface area contributed by atoms with Gasteiger partial charge < -0.3 is 9.84 Å². The third-order valence-corrected chi connectivity index (χ3v) is 2.90. The molecule has 2 aromatic rings. The van der Waals surface area contributed by atoms with Crippen LogP contribution in [0.5, 0.6) is 11.6 Å². The van der Waals surface area contributed by atoms with Crippen LogP contribution in [0.2, 0.25) is 0 Å². The fourth-order valence-corrected chi connectivity index (χ4v) is 1.72. The molecule has 3 heteroatoms. The van der Waals surface area contributed by atoms with Crippen LogP contribution in [0.15, 0.2) is 30.3 Å². The third kappa shape index (κ3) is 2.68. The molecule has 0 aliphatic rings. The number of rotatable bonds is 3. The predicted octanol–water partition coefficient (Wildman–Crippen LogP) is 3.29. The van der Waals surface area contributed by atoms with Crippen molar-refractivity contribution in [1.29, 1.82) is 0 Å². The van der Waals surface area contributed by atoms with Crippen LogP contribution in [-0.2, 0) is 6.61 Å². The van der Waals surface area contributed by atoms with E-state index < -0.39 is 0 Å². The monoisotopic (exact) mass is 243 g/mol. The molecule has 0 amide bonds. The van der Waals surface area contributed by atoms with E-state index >= 15 is 0 Å².